The van der Waals surface area contributed by atoms with Crippen LogP contribution in [-0.2, 0) is 61.7 Å². The Morgan fingerprint density at radius 2 is 0.231 bits per heavy atom. The third kappa shape index (κ3) is 13.0. The van der Waals surface area contributed by atoms with Gasteiger partial charge in [0.1, 0.15) is 0 Å². The Kier molecular flexibility index (Phi) is 20.3. The van der Waals surface area contributed by atoms with Gasteiger partial charge < -0.3 is 119 Å². The Balaban J connectivity index is 1.85. The molecule has 380 valence electrons. The van der Waals surface area contributed by atoms with Gasteiger partial charge in [-0.25, -0.2) is 0 Å². The molecule has 0 aliphatic carbocycles. The van der Waals surface area contributed by atoms with Gasteiger partial charge in [-0.2, -0.15) is 0 Å². The molecule has 20 N–H and O–H groups in total. The summed E-state index contributed by atoms with van der Waals surface area (Å²) in [4.78, 5) is 0. The predicted molar refractivity (Wildman–Crippen MR) is 259 cm³/mol. The largest absolute Gasteiger partial charge is 0.478 e. The fourth-order valence-electron chi connectivity index (χ4n) is 8.90. The van der Waals surface area contributed by atoms with E-state index in [0.29, 0.717) is 64.2 Å². The highest BCUT2D eigenvalue weighted by molar-refractivity contribution is 7.04. The Morgan fingerprint density at radius 3 is 0.292 bits per heavy atom. The van der Waals surface area contributed by atoms with Crippen LogP contribution in [0.25, 0.3) is 0 Å². The monoisotopic (exact) mass is 1100 g/mol. The minimum absolute atomic E-state index is 0.170. The fraction of sp³-hybridized carbons (Fsp3) is 1.00. The van der Waals surface area contributed by atoms with Gasteiger partial charge in [-0.3, -0.25) is 0 Å². The third-order valence-corrected chi connectivity index (χ3v) is 58.5. The molecule has 7 fully saturated rings. The minimum atomic E-state index is -4.44. The van der Waals surface area contributed by atoms with E-state index in [1.807, 2.05) is 0 Å². The summed E-state index contributed by atoms with van der Waals surface area (Å²) in [6.45, 7) is 2.68. The van der Waals surface area contributed by atoms with E-state index in [-0.39, 0.29) is 126 Å². The second-order valence-corrected chi connectivity index (χ2v) is 48.2. The van der Waals surface area contributed by atoms with Gasteiger partial charge in [0, 0.05) is 60.4 Å². The van der Waals surface area contributed by atoms with Gasteiger partial charge in [0.25, 0.3) is 0 Å². The molecule has 0 spiro atoms. The molecule has 65 heavy (non-hydrogen) atoms. The van der Waals surface area contributed by atoms with Gasteiger partial charge in [0.05, 0.1) is 0 Å². The van der Waals surface area contributed by atoms with Gasteiger partial charge in [0.2, 0.25) is 0 Å². The summed E-state index contributed by atoms with van der Waals surface area (Å²) in [6.07, 6.45) is 4.11. The molecule has 0 aromatic heterocycles. The van der Waals surface area contributed by atoms with E-state index in [0.717, 1.165) is 0 Å². The standard InChI is InChI=1S/C30H80N10O15Si10/c31-11-1-21-56-41-59(24-4-14-34)42-57(22-2-12-32)46-60(44-56,25-5-15-35)50-63(28-8-18-38)53-64(29-9-19-39)51-61(45-56,26-6-16-36)47-58(43-59,23-3-13-33)49-62(48-57,27-7-17-37)52-65(54-63,55-64)30-10-20-40/h1-40H2. The second-order valence-electron chi connectivity index (χ2n) is 17.3. The SMILES string of the molecule is NCCC[Si]12O[Si]3(CCCN)O[Si](CCCN)(O1)O[Si]1(CCCN)O[Si]4(CCCN)O[Si]5(CCCN)O[Si](CCCN)(O[Si](CCCN)(O2)O4)O[Si](CCCN)(O3)O[Si](CCCN)(O5)O1. The predicted octanol–water partition coefficient (Wildman–Crippen LogP) is -1.81. The molecule has 7 aliphatic heterocycles. The lowest BCUT2D eigenvalue weighted by Crippen LogP contribution is -2.88. The molecule has 0 radical (unpaired) electrons. The molecule has 0 amide bonds. The number of hydrogen-bond donors (Lipinski definition) is 10. The third-order valence-electron chi connectivity index (χ3n) is 11.5. The van der Waals surface area contributed by atoms with Crippen LogP contribution in [-0.4, -0.2) is 153 Å². The average Bonchev–Trinajstić information content (AvgIpc) is 3.25. The molecule has 7 aliphatic rings. The van der Waals surface area contributed by atoms with Crippen LogP contribution in [0, 0.1) is 0 Å². The van der Waals surface area contributed by atoms with Gasteiger partial charge >= 0.3 is 88.0 Å². The summed E-state index contributed by atoms with van der Waals surface area (Å²) < 4.78 is 116. The van der Waals surface area contributed by atoms with Crippen LogP contribution in [0.15, 0.2) is 0 Å². The van der Waals surface area contributed by atoms with Crippen LogP contribution in [0.5, 0.6) is 0 Å². The van der Waals surface area contributed by atoms with Gasteiger partial charge in [-0.15, -0.1) is 0 Å². The first-order valence-corrected chi connectivity index (χ1v) is 43.1. The van der Waals surface area contributed by atoms with Crippen molar-refractivity contribution in [3.63, 3.8) is 0 Å². The van der Waals surface area contributed by atoms with Crippen LogP contribution in [0.3, 0.4) is 0 Å². The van der Waals surface area contributed by atoms with Gasteiger partial charge in [0.15, 0.2) is 0 Å². The van der Waals surface area contributed by atoms with E-state index in [1.54, 1.807) is 0 Å². The molecular weight excluding hydrogens is 1020 g/mol. The van der Waals surface area contributed by atoms with E-state index in [4.69, 9.17) is 119 Å². The molecule has 0 aromatic carbocycles. The summed E-state index contributed by atoms with van der Waals surface area (Å²) in [6, 6.07) is 1.94. The molecule has 0 aromatic rings. The first-order valence-electron chi connectivity index (χ1n) is 23.7. The van der Waals surface area contributed by atoms with Crippen molar-refractivity contribution in [3.8, 4) is 0 Å². The Bertz CT molecular complexity index is 1330. The molecule has 7 saturated heterocycles. The van der Waals surface area contributed by atoms with Crippen molar-refractivity contribution in [1.82, 2.24) is 0 Å². The van der Waals surface area contributed by atoms with Crippen LogP contribution in [0.1, 0.15) is 64.2 Å². The lowest BCUT2D eigenvalue weighted by Gasteiger charge is -2.63. The van der Waals surface area contributed by atoms with Crippen molar-refractivity contribution in [2.45, 2.75) is 125 Å². The van der Waals surface area contributed by atoms with Crippen molar-refractivity contribution in [3.05, 3.63) is 0 Å². The maximum atomic E-state index is 7.78. The number of hydrogen-bond acceptors (Lipinski definition) is 25. The molecule has 0 saturated carbocycles. The molecule has 0 unspecified atom stereocenters. The van der Waals surface area contributed by atoms with Crippen molar-refractivity contribution in [2.24, 2.45) is 57.3 Å². The minimum Gasteiger partial charge on any atom is -0.373 e. The topological polar surface area (TPSA) is 399 Å². The zero-order valence-corrected chi connectivity index (χ0v) is 48.1. The number of nitrogens with two attached hydrogens (primary N) is 10. The highest BCUT2D eigenvalue weighted by atomic mass is 28.6. The lowest BCUT2D eigenvalue weighted by molar-refractivity contribution is -0.0297. The van der Waals surface area contributed by atoms with Crippen LogP contribution in [0.2, 0.25) is 60.4 Å². The van der Waals surface area contributed by atoms with E-state index in [2.05, 4.69) is 0 Å². The van der Waals surface area contributed by atoms with Crippen molar-refractivity contribution in [1.29, 1.82) is 0 Å². The lowest BCUT2D eigenvalue weighted by atomic mass is 10.5. The molecule has 35 heteroatoms. The Hall–Kier alpha value is 1.17. The molecule has 10 bridgehead atoms. The van der Waals surface area contributed by atoms with E-state index < -0.39 is 88.0 Å². The Labute approximate surface area is 395 Å². The highest BCUT2D eigenvalue weighted by Crippen LogP contribution is 2.55. The highest BCUT2D eigenvalue weighted by Gasteiger charge is 2.83. The second kappa shape index (κ2) is 23.8. The summed E-state index contributed by atoms with van der Waals surface area (Å²) in [7, 11) is -43.5. The van der Waals surface area contributed by atoms with Crippen molar-refractivity contribution >= 4 is 88.0 Å². The van der Waals surface area contributed by atoms with E-state index in [9.17, 15) is 0 Å². The first-order chi connectivity index (χ1) is 31.2. The molecular formula is C30H80N10O15Si10. The van der Waals surface area contributed by atoms with Gasteiger partial charge in [-0.1, -0.05) is 0 Å². The Morgan fingerprint density at radius 1 is 0.154 bits per heavy atom. The molecule has 7 rings (SSSR count). The fourth-order valence-corrected chi connectivity index (χ4v) is 72.2. The van der Waals surface area contributed by atoms with Crippen LogP contribution in [0.4, 0.5) is 0 Å². The summed E-state index contributed by atoms with van der Waals surface area (Å²) >= 11 is 0. The molecule has 25 nitrogen and oxygen atoms in total. The molecule has 0 atom stereocenters. The maximum absolute atomic E-state index is 7.78. The summed E-state index contributed by atoms with van der Waals surface area (Å²) in [5.41, 5.74) is 63.6. The molecule has 7 heterocycles. The van der Waals surface area contributed by atoms with Crippen molar-refractivity contribution < 1.29 is 61.7 Å². The maximum Gasteiger partial charge on any atom is 0.478 e. The van der Waals surface area contributed by atoms with E-state index >= 15 is 0 Å². The zero-order valence-electron chi connectivity index (χ0n) is 38.1. The average molecular weight is 1100 g/mol. The van der Waals surface area contributed by atoms with Crippen LogP contribution < -0.4 is 57.3 Å². The van der Waals surface area contributed by atoms with Crippen molar-refractivity contribution in [2.75, 3.05) is 65.4 Å². The normalized spacial score (nSPS) is 41.1. The van der Waals surface area contributed by atoms with E-state index in [1.165, 1.54) is 0 Å². The first kappa shape index (κ1) is 55.5. The summed E-state index contributed by atoms with van der Waals surface area (Å²) in [5, 5.41) is 0. The van der Waals surface area contributed by atoms with Gasteiger partial charge in [-0.05, 0) is 130 Å². The number of rotatable bonds is 30. The smallest absolute Gasteiger partial charge is 0.373 e. The van der Waals surface area contributed by atoms with Crippen LogP contribution >= 0.6 is 0 Å². The summed E-state index contributed by atoms with van der Waals surface area (Å²) in [5.74, 6) is 0. The quantitative estimate of drug-likeness (QED) is 0.0355. The zero-order chi connectivity index (χ0) is 46.8.